The Hall–Kier alpha value is -12.6. The number of para-hydroxylation sites is 1. The van der Waals surface area contributed by atoms with Gasteiger partial charge in [0.1, 0.15) is 29.0 Å². The summed E-state index contributed by atoms with van der Waals surface area (Å²) in [6.07, 6.45) is 1.73. The van der Waals surface area contributed by atoms with Crippen LogP contribution in [-0.2, 0) is 60.9 Å². The maximum Gasteiger partial charge on any atom is 0.341 e. The number of aromatic amines is 1. The molecule has 0 fully saturated rings. The average Bonchev–Trinajstić information content (AvgIpc) is 1.57. The minimum absolute atomic E-state index is 0.00970. The second kappa shape index (κ2) is 40.9. The molecular formula is C72H93N19O15. The molecule has 566 valence electrons. The number of aliphatic carboxylic acids is 1. The number of hydrogen-bond donors (Lipinski definition) is 20. The van der Waals surface area contributed by atoms with Gasteiger partial charge in [-0.2, -0.15) is 0 Å². The number of fused-ring (bicyclic) bond motifs is 1. The van der Waals surface area contributed by atoms with Crippen molar-refractivity contribution in [2.24, 2.45) is 34.4 Å². The quantitative estimate of drug-likeness (QED) is 0.0142. The molecule has 34 heteroatoms. The number of ether oxygens (including phenoxy) is 4. The summed E-state index contributed by atoms with van der Waals surface area (Å²) in [5, 5.41) is 62.4. The molecule has 0 spiro atoms. The molecule has 1 heterocycles. The van der Waals surface area contributed by atoms with E-state index in [4.69, 9.17) is 75.0 Å². The maximum absolute atomic E-state index is 14.7. The van der Waals surface area contributed by atoms with Gasteiger partial charge in [0.25, 0.3) is 23.6 Å². The third-order valence-electron chi connectivity index (χ3n) is 16.9. The number of Topliss-reactive ketones (excluding diaryl/α,β-unsaturated/α-hetero) is 4. The van der Waals surface area contributed by atoms with Gasteiger partial charge in [-0.1, -0.05) is 42.5 Å². The van der Waals surface area contributed by atoms with Crippen LogP contribution in [0.2, 0.25) is 0 Å². The largest absolute Gasteiger partial charge is 0.496 e. The number of hydrogen-bond acceptors (Lipinski definition) is 19. The number of methoxy groups -OCH3 is 3. The van der Waals surface area contributed by atoms with Crippen LogP contribution in [-0.4, -0.2) is 177 Å². The maximum atomic E-state index is 14.7. The molecule has 6 rings (SSSR count). The van der Waals surface area contributed by atoms with Crippen LogP contribution in [0.5, 0.6) is 23.0 Å². The highest BCUT2D eigenvalue weighted by Gasteiger charge is 2.31. The summed E-state index contributed by atoms with van der Waals surface area (Å²) >= 11 is 0. The SMILES string of the molecule is COc1ccc(CC(=O)[C@H](CCCNC(=N)N)NC(=O)c2cc(CC(=O)[C@H](CCCNC(=N)N)NC(=O)c3cc(CC(=O)[C@H](CCCNC(=N)N)NC(=O)c4cc(CC(=O)[C@@H](N)CCCNC(=N)N)ccc4OC)ccc3OC)ccc2OCC(=O)O)cc1C(=O)N[C@@H](Cc1c[nH]c2ccccc12)C(N)=O. The van der Waals surface area contributed by atoms with Crippen LogP contribution < -0.4 is 95.9 Å². The van der Waals surface area contributed by atoms with Crippen LogP contribution in [0.25, 0.3) is 10.9 Å². The molecule has 0 aliphatic carbocycles. The van der Waals surface area contributed by atoms with Crippen LogP contribution in [0, 0.1) is 21.6 Å². The van der Waals surface area contributed by atoms with Crippen LogP contribution >= 0.6 is 0 Å². The van der Waals surface area contributed by atoms with Crippen LogP contribution in [0.15, 0.2) is 103 Å². The Morgan fingerprint density at radius 1 is 0.443 bits per heavy atom. The van der Waals surface area contributed by atoms with Gasteiger partial charge in [0, 0.05) is 75.4 Å². The summed E-state index contributed by atoms with van der Waals surface area (Å²) < 4.78 is 22.2. The summed E-state index contributed by atoms with van der Waals surface area (Å²) in [7, 11) is 3.98. The number of amides is 5. The van der Waals surface area contributed by atoms with Crippen LogP contribution in [0.3, 0.4) is 0 Å². The summed E-state index contributed by atoms with van der Waals surface area (Å²) in [4.78, 5) is 142. The van der Waals surface area contributed by atoms with Crippen molar-refractivity contribution in [2.45, 2.75) is 114 Å². The number of rotatable bonds is 45. The Balaban J connectivity index is 1.23. The zero-order valence-corrected chi connectivity index (χ0v) is 59.1. The summed E-state index contributed by atoms with van der Waals surface area (Å²) in [5.74, 6) is -8.65. The van der Waals surface area contributed by atoms with Crippen molar-refractivity contribution in [3.63, 3.8) is 0 Å². The molecule has 0 aliphatic heterocycles. The molecule has 5 aromatic carbocycles. The highest BCUT2D eigenvalue weighted by atomic mass is 16.5. The van der Waals surface area contributed by atoms with E-state index in [2.05, 4.69) is 47.5 Å². The number of carboxylic acid groups (broad SMARTS) is 1. The van der Waals surface area contributed by atoms with Crippen molar-refractivity contribution in [1.82, 2.24) is 47.5 Å². The van der Waals surface area contributed by atoms with Crippen molar-refractivity contribution in [3.05, 3.63) is 153 Å². The van der Waals surface area contributed by atoms with Crippen molar-refractivity contribution in [2.75, 3.05) is 54.1 Å². The van der Waals surface area contributed by atoms with Crippen LogP contribution in [0.1, 0.15) is 121 Å². The number of carboxylic acids is 1. The first-order chi connectivity index (χ1) is 50.6. The molecule has 26 N–H and O–H groups in total. The molecule has 0 aliphatic rings. The van der Waals surface area contributed by atoms with Crippen molar-refractivity contribution in [1.29, 1.82) is 21.6 Å². The van der Waals surface area contributed by atoms with E-state index < -0.39 is 96.1 Å². The third kappa shape index (κ3) is 25.7. The Kier molecular flexibility index (Phi) is 31.7. The lowest BCUT2D eigenvalue weighted by molar-refractivity contribution is -0.139. The topological polar surface area (TPSA) is 591 Å². The van der Waals surface area contributed by atoms with Gasteiger partial charge < -0.3 is 106 Å². The van der Waals surface area contributed by atoms with Gasteiger partial charge in [-0.05, 0) is 134 Å². The molecule has 5 atom stereocenters. The van der Waals surface area contributed by atoms with Gasteiger partial charge >= 0.3 is 5.97 Å². The predicted molar refractivity (Wildman–Crippen MR) is 394 cm³/mol. The molecule has 106 heavy (non-hydrogen) atoms. The predicted octanol–water partition coefficient (Wildman–Crippen LogP) is 0.706. The lowest BCUT2D eigenvalue weighted by Gasteiger charge is -2.21. The number of nitrogens with two attached hydrogens (primary N) is 6. The van der Waals surface area contributed by atoms with E-state index in [1.807, 2.05) is 24.3 Å². The number of guanidine groups is 4. The van der Waals surface area contributed by atoms with E-state index in [1.54, 1.807) is 12.3 Å². The Morgan fingerprint density at radius 2 is 0.774 bits per heavy atom. The number of nitrogens with one attached hydrogen (secondary N) is 13. The molecule has 34 nitrogen and oxygen atoms in total. The highest BCUT2D eigenvalue weighted by Crippen LogP contribution is 2.28. The molecule has 1 aromatic heterocycles. The fourth-order valence-corrected chi connectivity index (χ4v) is 11.5. The number of carbonyl (C=O) groups excluding carboxylic acids is 9. The molecule has 6 aromatic rings. The second-order valence-electron chi connectivity index (χ2n) is 24.8. The highest BCUT2D eigenvalue weighted by molar-refractivity contribution is 6.04. The van der Waals surface area contributed by atoms with Gasteiger partial charge in [0.15, 0.2) is 53.6 Å². The molecule has 0 unspecified atom stereocenters. The Bertz CT molecular complexity index is 4220. The first-order valence-electron chi connectivity index (χ1n) is 33.8. The number of H-pyrrole nitrogens is 1. The molecule has 0 saturated heterocycles. The second-order valence-corrected chi connectivity index (χ2v) is 24.8. The number of primary amides is 1. The summed E-state index contributed by atoms with van der Waals surface area (Å²) in [6, 6.07) is 18.8. The lowest BCUT2D eigenvalue weighted by atomic mass is 9.96. The molecule has 5 amide bonds. The number of carbonyl (C=O) groups is 10. The number of aromatic nitrogens is 1. The minimum Gasteiger partial charge on any atom is -0.496 e. The minimum atomic E-state index is -1.40. The lowest BCUT2D eigenvalue weighted by Crippen LogP contribution is -2.46. The van der Waals surface area contributed by atoms with Gasteiger partial charge in [-0.3, -0.25) is 64.8 Å². The van der Waals surface area contributed by atoms with E-state index in [-0.39, 0.29) is 170 Å². The standard InChI is InChI=1S/C72H93N19O15/c1-103-59-20-16-39(32-55(92)49(73)11-6-24-83-69(75)76)28-45(59)65(99)88-51(13-7-25-84-70(77)78)56(93)33-40-17-21-60(104-2)46(29-40)66(100)89-52(14-8-26-85-71(79)80)58(95)35-42-19-23-62(106-38-63(96)97)48(31-42)68(102)90-53(15-9-27-86-72(81)82)57(94)34-41-18-22-61(105-3)47(30-41)67(101)91-54(64(74)98)36-43-37-87-50-12-5-4-10-44(43)50/h4-5,10,12,16-23,28-31,37,49,51-54,87H,6-9,11,13-15,24-27,32-36,38,73H2,1-3H3,(H2,74,98)(H,88,99)(H,89,100)(H,90,102)(H,91,101)(H,96,97)(H4,75,76,83)(H4,77,78,84)(H4,79,80,85)(H4,81,82,86)/t49-,51-,52-,53-,54-/m0/s1. The van der Waals surface area contributed by atoms with Crippen molar-refractivity contribution in [3.8, 4) is 23.0 Å². The molecule has 0 radical (unpaired) electrons. The number of benzene rings is 5. The molecule has 0 saturated carbocycles. The zero-order valence-electron chi connectivity index (χ0n) is 59.1. The van der Waals surface area contributed by atoms with E-state index in [1.165, 1.54) is 88.1 Å². The monoisotopic (exact) mass is 1460 g/mol. The Morgan fingerprint density at radius 3 is 1.12 bits per heavy atom. The van der Waals surface area contributed by atoms with Crippen molar-refractivity contribution < 1.29 is 72.0 Å². The average molecular weight is 1460 g/mol. The van der Waals surface area contributed by atoms with E-state index in [0.29, 0.717) is 30.5 Å². The fraction of sp³-hybridized carbons (Fsp3) is 0.361. The summed E-state index contributed by atoms with van der Waals surface area (Å²) in [5.41, 5.74) is 36.2. The van der Waals surface area contributed by atoms with Gasteiger partial charge in [0.2, 0.25) is 5.91 Å². The summed E-state index contributed by atoms with van der Waals surface area (Å²) in [6.45, 7) is -0.218. The zero-order chi connectivity index (χ0) is 77.6. The van der Waals surface area contributed by atoms with E-state index in [0.717, 1.165) is 16.5 Å². The fourth-order valence-electron chi connectivity index (χ4n) is 11.5. The molecule has 0 bridgehead atoms. The van der Waals surface area contributed by atoms with Gasteiger partial charge in [-0.15, -0.1) is 0 Å². The smallest absolute Gasteiger partial charge is 0.341 e. The van der Waals surface area contributed by atoms with Crippen LogP contribution in [0.4, 0.5) is 0 Å². The van der Waals surface area contributed by atoms with Crippen molar-refractivity contribution >= 4 is 93.4 Å². The first-order valence-corrected chi connectivity index (χ1v) is 33.8. The molecular weight excluding hydrogens is 1370 g/mol. The third-order valence-corrected chi connectivity index (χ3v) is 16.9. The first kappa shape index (κ1) is 82.3. The van der Waals surface area contributed by atoms with E-state index in [9.17, 15) is 53.1 Å². The van der Waals surface area contributed by atoms with Gasteiger partial charge in [0.05, 0.1) is 67.8 Å². The number of ketones is 4. The normalized spacial score (nSPS) is 12.3. The Labute approximate surface area is 610 Å². The van der Waals surface area contributed by atoms with E-state index >= 15 is 0 Å². The van der Waals surface area contributed by atoms with Gasteiger partial charge in [-0.25, -0.2) is 4.79 Å².